The van der Waals surface area contributed by atoms with E-state index in [1.165, 1.54) is 11.6 Å². The van der Waals surface area contributed by atoms with E-state index in [0.29, 0.717) is 0 Å². The number of benzene rings is 1. The Morgan fingerprint density at radius 2 is 2.12 bits per heavy atom. The molecular formula is C13H14FNS. The summed E-state index contributed by atoms with van der Waals surface area (Å²) in [6, 6.07) is 6.76. The number of halogens is 1. The van der Waals surface area contributed by atoms with E-state index in [9.17, 15) is 4.39 Å². The normalized spacial score (nSPS) is 12.8. The fourth-order valence-corrected chi connectivity index (χ4v) is 2.69. The lowest BCUT2D eigenvalue weighted by molar-refractivity contribution is 0.630. The fourth-order valence-electron chi connectivity index (χ4n) is 1.63. The van der Waals surface area contributed by atoms with Crippen molar-refractivity contribution < 1.29 is 4.39 Å². The molecule has 0 amide bonds. The molecule has 0 aliphatic carbocycles. The lowest BCUT2D eigenvalue weighted by atomic mass is 10.1. The highest BCUT2D eigenvalue weighted by atomic mass is 32.1. The van der Waals surface area contributed by atoms with Crippen molar-refractivity contribution in [3.05, 3.63) is 46.6 Å². The molecule has 1 aromatic carbocycles. The molecule has 2 N–H and O–H groups in total. The molecule has 0 fully saturated rings. The average Bonchev–Trinajstić information content (AvgIpc) is 2.59. The molecule has 1 nitrogen and oxygen atoms in total. The summed E-state index contributed by atoms with van der Waals surface area (Å²) in [5.41, 5.74) is 7.23. The maximum absolute atomic E-state index is 13.0. The molecule has 84 valence electrons. The first-order valence-corrected chi connectivity index (χ1v) is 5.97. The Morgan fingerprint density at radius 1 is 1.38 bits per heavy atom. The molecule has 3 heteroatoms. The van der Waals surface area contributed by atoms with Crippen molar-refractivity contribution in [3.63, 3.8) is 0 Å². The number of nitrogens with two attached hydrogens (primary N) is 1. The van der Waals surface area contributed by atoms with Crippen molar-refractivity contribution in [2.45, 2.75) is 19.9 Å². The van der Waals surface area contributed by atoms with Crippen molar-refractivity contribution in [1.29, 1.82) is 0 Å². The molecule has 1 heterocycles. The van der Waals surface area contributed by atoms with Crippen LogP contribution in [0.4, 0.5) is 4.39 Å². The summed E-state index contributed by atoms with van der Waals surface area (Å²) in [6.07, 6.45) is 2.01. The van der Waals surface area contributed by atoms with Crippen LogP contribution in [0.5, 0.6) is 0 Å². The minimum absolute atomic E-state index is 0.0922. The Hall–Kier alpha value is -1.19. The molecule has 16 heavy (non-hydrogen) atoms. The minimum Gasteiger partial charge on any atom is -0.320 e. The summed E-state index contributed by atoms with van der Waals surface area (Å²) in [5, 5.41) is 1.05. The van der Waals surface area contributed by atoms with Gasteiger partial charge >= 0.3 is 0 Å². The molecule has 1 atom stereocenters. The second-order valence-electron chi connectivity index (χ2n) is 4.10. The van der Waals surface area contributed by atoms with Gasteiger partial charge in [0.15, 0.2) is 0 Å². The molecule has 0 radical (unpaired) electrons. The number of hydrogen-bond donors (Lipinski definition) is 1. The first-order valence-electron chi connectivity index (χ1n) is 5.16. The van der Waals surface area contributed by atoms with E-state index in [4.69, 9.17) is 5.73 Å². The van der Waals surface area contributed by atoms with Crippen molar-refractivity contribution in [3.8, 4) is 0 Å². The van der Waals surface area contributed by atoms with Crippen LogP contribution in [0.3, 0.4) is 0 Å². The third-order valence-corrected chi connectivity index (χ3v) is 3.54. The van der Waals surface area contributed by atoms with E-state index < -0.39 is 0 Å². The zero-order chi connectivity index (χ0) is 11.7. The van der Waals surface area contributed by atoms with E-state index in [0.717, 1.165) is 15.0 Å². The van der Waals surface area contributed by atoms with Crippen molar-refractivity contribution in [2.75, 3.05) is 0 Å². The summed E-state index contributed by atoms with van der Waals surface area (Å²) >= 11 is 1.55. The maximum atomic E-state index is 13.0. The van der Waals surface area contributed by atoms with Gasteiger partial charge in [0.25, 0.3) is 0 Å². The highest BCUT2D eigenvalue weighted by molar-refractivity contribution is 7.19. The number of thiophene rings is 1. The van der Waals surface area contributed by atoms with Crippen LogP contribution in [0.25, 0.3) is 10.1 Å². The van der Waals surface area contributed by atoms with Gasteiger partial charge in [-0.25, -0.2) is 4.39 Å². The lowest BCUT2D eigenvalue weighted by Gasteiger charge is -2.02. The zero-order valence-corrected chi connectivity index (χ0v) is 10.1. The average molecular weight is 235 g/mol. The summed E-state index contributed by atoms with van der Waals surface area (Å²) in [4.78, 5) is 1.07. The first kappa shape index (κ1) is 11.3. The van der Waals surface area contributed by atoms with Gasteiger partial charge < -0.3 is 5.73 Å². The third-order valence-electron chi connectivity index (χ3n) is 2.34. The van der Waals surface area contributed by atoms with Crippen LogP contribution in [0.15, 0.2) is 35.9 Å². The Labute approximate surface area is 98.4 Å². The van der Waals surface area contributed by atoms with Crippen LogP contribution in [-0.4, -0.2) is 0 Å². The zero-order valence-electron chi connectivity index (χ0n) is 9.33. The van der Waals surface area contributed by atoms with Gasteiger partial charge in [0.2, 0.25) is 0 Å². The van der Waals surface area contributed by atoms with E-state index in [1.54, 1.807) is 23.5 Å². The quantitative estimate of drug-likeness (QED) is 0.782. The van der Waals surface area contributed by atoms with Gasteiger partial charge in [-0.3, -0.25) is 0 Å². The van der Waals surface area contributed by atoms with Gasteiger partial charge in [0.05, 0.1) is 6.04 Å². The monoisotopic (exact) mass is 235 g/mol. The first-order chi connectivity index (χ1) is 7.56. The predicted molar refractivity (Wildman–Crippen MR) is 68.1 cm³/mol. The highest BCUT2D eigenvalue weighted by Crippen LogP contribution is 2.30. The van der Waals surface area contributed by atoms with Gasteiger partial charge in [-0.1, -0.05) is 17.7 Å². The predicted octanol–water partition coefficient (Wildman–Crippen LogP) is 4.01. The van der Waals surface area contributed by atoms with E-state index in [-0.39, 0.29) is 11.9 Å². The molecule has 0 bridgehead atoms. The third kappa shape index (κ3) is 2.31. The van der Waals surface area contributed by atoms with Crippen molar-refractivity contribution in [2.24, 2.45) is 5.73 Å². The van der Waals surface area contributed by atoms with Crippen molar-refractivity contribution >= 4 is 21.4 Å². The molecule has 2 aromatic rings. The molecular weight excluding hydrogens is 221 g/mol. The van der Waals surface area contributed by atoms with Crippen LogP contribution < -0.4 is 5.73 Å². The Balaban J connectivity index is 2.43. The Kier molecular flexibility index (Phi) is 3.08. The van der Waals surface area contributed by atoms with Gasteiger partial charge in [-0.15, -0.1) is 11.3 Å². The van der Waals surface area contributed by atoms with E-state index in [1.807, 2.05) is 26.0 Å². The number of rotatable bonds is 2. The SMILES string of the molecule is CC(C)=CC(N)c1cc2ccc(F)cc2s1. The molecule has 0 aliphatic heterocycles. The van der Waals surface area contributed by atoms with Crippen LogP contribution in [-0.2, 0) is 0 Å². The number of hydrogen-bond acceptors (Lipinski definition) is 2. The summed E-state index contributed by atoms with van der Waals surface area (Å²) in [5.74, 6) is -0.198. The fraction of sp³-hybridized carbons (Fsp3) is 0.231. The van der Waals surface area contributed by atoms with Gasteiger partial charge in [0, 0.05) is 9.58 Å². The molecule has 2 rings (SSSR count). The second-order valence-corrected chi connectivity index (χ2v) is 5.22. The molecule has 0 aliphatic rings. The Morgan fingerprint density at radius 3 is 2.81 bits per heavy atom. The maximum Gasteiger partial charge on any atom is 0.124 e. The molecule has 0 saturated carbocycles. The van der Waals surface area contributed by atoms with Crippen LogP contribution in [0.2, 0.25) is 0 Å². The van der Waals surface area contributed by atoms with Crippen LogP contribution >= 0.6 is 11.3 Å². The largest absolute Gasteiger partial charge is 0.320 e. The Bertz CT molecular complexity index is 538. The summed E-state index contributed by atoms with van der Waals surface area (Å²) in [7, 11) is 0. The number of fused-ring (bicyclic) bond motifs is 1. The van der Waals surface area contributed by atoms with Crippen molar-refractivity contribution in [1.82, 2.24) is 0 Å². The summed E-state index contributed by atoms with van der Waals surface area (Å²) in [6.45, 7) is 4.04. The molecule has 1 aromatic heterocycles. The minimum atomic E-state index is -0.198. The van der Waals surface area contributed by atoms with Gasteiger partial charge in [-0.2, -0.15) is 0 Å². The van der Waals surface area contributed by atoms with Gasteiger partial charge in [0.1, 0.15) is 5.82 Å². The molecule has 1 unspecified atom stereocenters. The van der Waals surface area contributed by atoms with Crippen LogP contribution in [0, 0.1) is 5.82 Å². The van der Waals surface area contributed by atoms with Gasteiger partial charge in [-0.05, 0) is 37.4 Å². The standard InChI is InChI=1S/C13H14FNS/c1-8(2)5-11(15)13-6-9-3-4-10(14)7-12(9)16-13/h3-7,11H,15H2,1-2H3. The molecule has 0 spiro atoms. The van der Waals surface area contributed by atoms with E-state index in [2.05, 4.69) is 0 Å². The molecule has 0 saturated heterocycles. The van der Waals surface area contributed by atoms with Crippen LogP contribution in [0.1, 0.15) is 24.8 Å². The van der Waals surface area contributed by atoms with E-state index >= 15 is 0 Å². The number of allylic oxidation sites excluding steroid dienone is 1. The highest BCUT2D eigenvalue weighted by Gasteiger charge is 2.08. The topological polar surface area (TPSA) is 26.0 Å². The summed E-state index contributed by atoms with van der Waals surface area (Å²) < 4.78 is 14.0. The second kappa shape index (κ2) is 4.36. The lowest BCUT2D eigenvalue weighted by Crippen LogP contribution is -2.04. The smallest absolute Gasteiger partial charge is 0.124 e.